The molecule has 1 aliphatic rings. The number of nitrogens with zero attached hydrogens (tertiary/aromatic N) is 4. The van der Waals surface area contributed by atoms with Crippen molar-refractivity contribution >= 4 is 34.8 Å². The average Bonchev–Trinajstić information content (AvgIpc) is 3.37. The number of pyridine rings is 1. The van der Waals surface area contributed by atoms with E-state index >= 15 is 0 Å². The van der Waals surface area contributed by atoms with Crippen LogP contribution in [0.3, 0.4) is 0 Å². The number of amides is 1. The summed E-state index contributed by atoms with van der Waals surface area (Å²) in [7, 11) is 0. The monoisotopic (exact) mass is 468 g/mol. The lowest BCUT2D eigenvalue weighted by Gasteiger charge is -2.31. The van der Waals surface area contributed by atoms with Crippen LogP contribution in [0.2, 0.25) is 10.0 Å². The fourth-order valence-corrected chi connectivity index (χ4v) is 4.72. The number of aromatic nitrogens is 3. The van der Waals surface area contributed by atoms with Crippen LogP contribution in [-0.2, 0) is 6.42 Å². The van der Waals surface area contributed by atoms with Crippen LogP contribution in [0.1, 0.15) is 52.2 Å². The Morgan fingerprint density at radius 1 is 1.22 bits per heavy atom. The number of aryl methyl sites for hydroxylation is 1. The van der Waals surface area contributed by atoms with Crippen LogP contribution in [0.4, 0.5) is 0 Å². The van der Waals surface area contributed by atoms with Crippen LogP contribution in [0.25, 0.3) is 5.65 Å². The number of hydrogen-bond acceptors (Lipinski definition) is 4. The van der Waals surface area contributed by atoms with E-state index in [1.165, 1.54) is 0 Å². The summed E-state index contributed by atoms with van der Waals surface area (Å²) in [5, 5.41) is 1.26. The van der Waals surface area contributed by atoms with E-state index in [0.717, 1.165) is 24.2 Å². The number of carbonyl (C=O) groups is 1. The van der Waals surface area contributed by atoms with Gasteiger partial charge < -0.3 is 9.32 Å². The maximum Gasteiger partial charge on any atom is 0.272 e. The lowest BCUT2D eigenvalue weighted by Crippen LogP contribution is -2.40. The quantitative estimate of drug-likeness (QED) is 0.393. The second kappa shape index (κ2) is 8.60. The molecule has 1 aliphatic heterocycles. The van der Waals surface area contributed by atoms with Crippen molar-refractivity contribution < 1.29 is 9.21 Å². The first-order valence-electron chi connectivity index (χ1n) is 10.6. The van der Waals surface area contributed by atoms with Crippen LogP contribution < -0.4 is 0 Å². The van der Waals surface area contributed by atoms with E-state index in [1.807, 2.05) is 42.2 Å². The van der Waals surface area contributed by atoms with E-state index < -0.39 is 0 Å². The van der Waals surface area contributed by atoms with Gasteiger partial charge in [-0.1, -0.05) is 35.3 Å². The summed E-state index contributed by atoms with van der Waals surface area (Å²) in [6.45, 7) is 3.10. The number of halogens is 2. The Labute approximate surface area is 195 Å². The molecule has 1 saturated heterocycles. The number of imidazole rings is 1. The molecule has 0 bridgehead atoms. The minimum atomic E-state index is -0.0485. The molecule has 0 unspecified atom stereocenters. The normalized spacial score (nSPS) is 16.6. The highest BCUT2D eigenvalue weighted by Gasteiger charge is 2.30. The average molecular weight is 469 g/mol. The number of rotatable bonds is 4. The van der Waals surface area contributed by atoms with Gasteiger partial charge in [-0.3, -0.25) is 9.20 Å². The Morgan fingerprint density at radius 2 is 2.09 bits per heavy atom. The second-order valence-electron chi connectivity index (χ2n) is 8.18. The molecule has 8 heteroatoms. The Hall–Kier alpha value is -2.83. The summed E-state index contributed by atoms with van der Waals surface area (Å²) in [6.07, 6.45) is 5.96. The van der Waals surface area contributed by atoms with Gasteiger partial charge in [0, 0.05) is 30.7 Å². The number of hydrogen-bond donors (Lipinski definition) is 0. The molecule has 5 rings (SSSR count). The lowest BCUT2D eigenvalue weighted by molar-refractivity contribution is 0.0690. The minimum Gasteiger partial charge on any atom is -0.445 e. The molecular formula is C24H22Cl2N4O2. The summed E-state index contributed by atoms with van der Waals surface area (Å²) < 4.78 is 7.84. The molecule has 6 nitrogen and oxygen atoms in total. The Balaban J connectivity index is 1.34. The standard InChI is InChI=1S/C24H22Cl2N4O2/c1-15-22(30-14-19(26)7-8-21(30)28-15)24(31)29-9-3-5-17(13-29)23-27-12-20(32-23)11-16-4-2-6-18(25)10-16/h2,4,6-8,10,12,14,17H,3,5,9,11,13H2,1H3/t17-/m0/s1. The fourth-order valence-electron chi connectivity index (χ4n) is 4.35. The van der Waals surface area contributed by atoms with Crippen LogP contribution in [0.15, 0.2) is 53.2 Å². The summed E-state index contributed by atoms with van der Waals surface area (Å²) >= 11 is 12.2. The van der Waals surface area contributed by atoms with Crippen LogP contribution in [0.5, 0.6) is 0 Å². The van der Waals surface area contributed by atoms with Gasteiger partial charge in [0.1, 0.15) is 17.1 Å². The van der Waals surface area contributed by atoms with Crippen LogP contribution >= 0.6 is 23.2 Å². The fraction of sp³-hybridized carbons (Fsp3) is 0.292. The van der Waals surface area contributed by atoms with Gasteiger partial charge in [0.15, 0.2) is 5.89 Å². The van der Waals surface area contributed by atoms with Crippen molar-refractivity contribution in [3.63, 3.8) is 0 Å². The highest BCUT2D eigenvalue weighted by Crippen LogP contribution is 2.29. The van der Waals surface area contributed by atoms with E-state index in [4.69, 9.17) is 27.6 Å². The highest BCUT2D eigenvalue weighted by atomic mass is 35.5. The van der Waals surface area contributed by atoms with Crippen molar-refractivity contribution in [2.45, 2.75) is 32.1 Å². The third-order valence-electron chi connectivity index (χ3n) is 5.86. The van der Waals surface area contributed by atoms with Crippen LogP contribution in [-0.4, -0.2) is 38.3 Å². The van der Waals surface area contributed by atoms with Gasteiger partial charge in [-0.05, 0) is 49.6 Å². The van der Waals surface area contributed by atoms with Crippen molar-refractivity contribution in [1.29, 1.82) is 0 Å². The molecule has 164 valence electrons. The predicted molar refractivity (Wildman–Crippen MR) is 124 cm³/mol. The minimum absolute atomic E-state index is 0.0485. The summed E-state index contributed by atoms with van der Waals surface area (Å²) in [6, 6.07) is 11.3. The lowest BCUT2D eigenvalue weighted by atomic mass is 9.97. The number of likely N-dealkylation sites (tertiary alicyclic amines) is 1. The molecule has 0 saturated carbocycles. The van der Waals surface area contributed by atoms with Gasteiger partial charge in [-0.15, -0.1) is 0 Å². The predicted octanol–water partition coefficient (Wildman–Crippen LogP) is 5.55. The second-order valence-corrected chi connectivity index (χ2v) is 9.06. The number of piperidine rings is 1. The third kappa shape index (κ3) is 4.12. The van der Waals surface area contributed by atoms with Gasteiger partial charge in [0.25, 0.3) is 5.91 Å². The van der Waals surface area contributed by atoms with Gasteiger partial charge >= 0.3 is 0 Å². The Morgan fingerprint density at radius 3 is 2.94 bits per heavy atom. The molecule has 4 aromatic rings. The molecule has 4 heterocycles. The van der Waals surface area contributed by atoms with E-state index in [1.54, 1.807) is 22.9 Å². The summed E-state index contributed by atoms with van der Waals surface area (Å²) in [5.74, 6) is 1.48. The molecule has 0 radical (unpaired) electrons. The number of fused-ring (bicyclic) bond motifs is 1. The summed E-state index contributed by atoms with van der Waals surface area (Å²) in [4.78, 5) is 24.3. The molecule has 1 amide bonds. The van der Waals surface area contributed by atoms with Crippen LogP contribution in [0, 0.1) is 6.92 Å². The zero-order valence-electron chi connectivity index (χ0n) is 17.6. The highest BCUT2D eigenvalue weighted by molar-refractivity contribution is 6.30. The van der Waals surface area contributed by atoms with E-state index in [9.17, 15) is 4.79 Å². The van der Waals surface area contributed by atoms with Crippen molar-refractivity contribution in [3.05, 3.63) is 87.4 Å². The number of carbonyl (C=O) groups excluding carboxylic acids is 1. The number of oxazole rings is 1. The molecule has 1 aromatic carbocycles. The zero-order valence-corrected chi connectivity index (χ0v) is 19.1. The van der Waals surface area contributed by atoms with Crippen molar-refractivity contribution in [3.8, 4) is 0 Å². The zero-order chi connectivity index (χ0) is 22.2. The molecule has 1 atom stereocenters. The first-order valence-corrected chi connectivity index (χ1v) is 11.4. The van der Waals surface area contributed by atoms with E-state index in [-0.39, 0.29) is 11.8 Å². The first-order chi connectivity index (χ1) is 15.5. The smallest absolute Gasteiger partial charge is 0.272 e. The maximum absolute atomic E-state index is 13.4. The molecule has 0 N–H and O–H groups in total. The molecular weight excluding hydrogens is 447 g/mol. The Kier molecular flexibility index (Phi) is 5.66. The van der Waals surface area contributed by atoms with Crippen molar-refractivity contribution in [2.75, 3.05) is 13.1 Å². The first kappa shape index (κ1) is 21.0. The van der Waals surface area contributed by atoms with Gasteiger partial charge in [0.2, 0.25) is 0 Å². The SMILES string of the molecule is Cc1nc2ccc(Cl)cn2c1C(=O)N1CCC[C@H](c2ncc(Cc3cccc(Cl)c3)o2)C1. The summed E-state index contributed by atoms with van der Waals surface area (Å²) in [5.41, 5.74) is 3.03. The van der Waals surface area contributed by atoms with E-state index in [0.29, 0.717) is 52.5 Å². The Bertz CT molecular complexity index is 1300. The molecule has 0 spiro atoms. The van der Waals surface area contributed by atoms with Crippen molar-refractivity contribution in [2.24, 2.45) is 0 Å². The van der Waals surface area contributed by atoms with Gasteiger partial charge in [0.05, 0.1) is 22.8 Å². The number of benzene rings is 1. The largest absolute Gasteiger partial charge is 0.445 e. The van der Waals surface area contributed by atoms with Gasteiger partial charge in [-0.2, -0.15) is 0 Å². The molecule has 0 aliphatic carbocycles. The van der Waals surface area contributed by atoms with Gasteiger partial charge in [-0.25, -0.2) is 9.97 Å². The third-order valence-corrected chi connectivity index (χ3v) is 6.31. The molecule has 3 aromatic heterocycles. The topological polar surface area (TPSA) is 63.6 Å². The molecule has 32 heavy (non-hydrogen) atoms. The maximum atomic E-state index is 13.4. The molecule has 1 fully saturated rings. The van der Waals surface area contributed by atoms with E-state index in [2.05, 4.69) is 9.97 Å². The van der Waals surface area contributed by atoms with Crippen molar-refractivity contribution in [1.82, 2.24) is 19.3 Å².